The van der Waals surface area contributed by atoms with Gasteiger partial charge in [-0.05, 0) is 24.0 Å². The van der Waals surface area contributed by atoms with Gasteiger partial charge in [-0.2, -0.15) is 0 Å². The van der Waals surface area contributed by atoms with Gasteiger partial charge in [-0.3, -0.25) is 25.2 Å². The number of aromatic nitrogens is 2. The number of benzene rings is 1. The Kier molecular flexibility index (Phi) is 7.41. The number of para-hydroxylation sites is 1. The van der Waals surface area contributed by atoms with Gasteiger partial charge in [0.05, 0.1) is 25.3 Å². The smallest absolute Gasteiger partial charge is 0.343 e. The molecule has 0 bridgehead atoms. The summed E-state index contributed by atoms with van der Waals surface area (Å²) >= 11 is 0. The first-order valence-corrected chi connectivity index (χ1v) is 14.5. The lowest BCUT2D eigenvalue weighted by atomic mass is 9.79. The molecule has 2 amide bonds. The molecule has 1 aromatic heterocycles. The molecule has 0 radical (unpaired) electrons. The Balaban J connectivity index is 1.21. The summed E-state index contributed by atoms with van der Waals surface area (Å²) < 4.78 is 11.1. The fourth-order valence-electron chi connectivity index (χ4n) is 6.48. The molecule has 0 aliphatic carbocycles. The molecule has 0 saturated carbocycles. The van der Waals surface area contributed by atoms with Crippen molar-refractivity contribution < 1.29 is 39.4 Å². The van der Waals surface area contributed by atoms with E-state index < -0.39 is 41.4 Å². The molecule has 2 aromatic rings. The molecular formula is C28H37N10O7+. The Labute approximate surface area is 257 Å². The van der Waals surface area contributed by atoms with E-state index in [1.807, 2.05) is 6.07 Å². The highest BCUT2D eigenvalue weighted by molar-refractivity contribution is 5.98. The Bertz CT molecular complexity index is 1560. The predicted octanol–water partition coefficient (Wildman–Crippen LogP) is -4.81. The number of carbonyl (C=O) groups is 2. The van der Waals surface area contributed by atoms with E-state index >= 15 is 0 Å². The van der Waals surface area contributed by atoms with Gasteiger partial charge in [-0.1, -0.05) is 26.0 Å². The third-order valence-corrected chi connectivity index (χ3v) is 8.84. The van der Waals surface area contributed by atoms with Gasteiger partial charge in [-0.15, -0.1) is 10.2 Å². The van der Waals surface area contributed by atoms with Crippen LogP contribution in [0.1, 0.15) is 46.7 Å². The van der Waals surface area contributed by atoms with Crippen LogP contribution in [0.5, 0.6) is 11.6 Å². The van der Waals surface area contributed by atoms with E-state index in [0.717, 1.165) is 12.0 Å². The van der Waals surface area contributed by atoms with E-state index in [2.05, 4.69) is 50.0 Å². The molecule has 4 atom stereocenters. The summed E-state index contributed by atoms with van der Waals surface area (Å²) in [7, 11) is 0. The second-order valence-corrected chi connectivity index (χ2v) is 12.0. The van der Waals surface area contributed by atoms with Gasteiger partial charge >= 0.3 is 5.96 Å². The molecule has 4 aliphatic rings. The van der Waals surface area contributed by atoms with E-state index in [0.29, 0.717) is 12.4 Å². The molecule has 4 aliphatic heterocycles. The monoisotopic (exact) mass is 625 g/mol. The molecule has 1 saturated heterocycles. The van der Waals surface area contributed by atoms with Crippen LogP contribution in [0.3, 0.4) is 0 Å². The van der Waals surface area contributed by atoms with Crippen molar-refractivity contribution >= 4 is 23.7 Å². The Morgan fingerprint density at radius 3 is 2.73 bits per heavy atom. The number of nitrogens with one attached hydrogen (secondary N) is 4. The number of hydrogen-bond acceptors (Lipinski definition) is 14. The number of ether oxygens (including phenoxy) is 2. The first-order valence-electron chi connectivity index (χ1n) is 14.5. The number of nitrogens with zero attached hydrogens (tertiary/aromatic N) is 4. The zero-order valence-corrected chi connectivity index (χ0v) is 24.8. The zero-order valence-electron chi connectivity index (χ0n) is 24.8. The second-order valence-electron chi connectivity index (χ2n) is 12.0. The number of aliphatic hydroxyl groups excluding tert-OH is 1. The largest absolute Gasteiger partial charge is 0.492 e. The number of aliphatic imine (C=N–C) groups is 1. The van der Waals surface area contributed by atoms with Gasteiger partial charge in [0.15, 0.2) is 17.7 Å². The first kappa shape index (κ1) is 30.3. The maximum Gasteiger partial charge on any atom is 0.343 e. The summed E-state index contributed by atoms with van der Waals surface area (Å²) in [5.74, 6) is -3.16. The lowest BCUT2D eigenvalue weighted by Gasteiger charge is -2.46. The summed E-state index contributed by atoms with van der Waals surface area (Å²) in [6.07, 6.45) is 0.792. The van der Waals surface area contributed by atoms with Crippen molar-refractivity contribution in [1.29, 1.82) is 0 Å². The van der Waals surface area contributed by atoms with Crippen LogP contribution in [0.15, 0.2) is 35.3 Å². The standard InChI is InChI=1S/C28H36N10O7/c1-26(2)8-10-45-20-14(4-3-5-15(20)26)22(40)33-18-13-38-25(30)32-17(21-27(38,28(18,42)43)35-24(29)34-21)12-31-23(41)16-6-7-19(37-36-16)44-11-9-39/h3-7,17-18,21,39,42-43H,8-13H2,1-2H3,(H2,30,32)(H,31,41)(H,33,40)(H3,29,34,35)/p+1/t17-,18?,21-,27?/m0/s1. The summed E-state index contributed by atoms with van der Waals surface area (Å²) in [5, 5.41) is 48.5. The van der Waals surface area contributed by atoms with Crippen LogP contribution >= 0.6 is 0 Å². The van der Waals surface area contributed by atoms with Gasteiger partial charge in [0, 0.05) is 18.2 Å². The molecule has 45 heavy (non-hydrogen) atoms. The molecule has 6 rings (SSSR count). The van der Waals surface area contributed by atoms with E-state index in [9.17, 15) is 19.8 Å². The number of hydrogen-bond donors (Lipinski definition) is 9. The third-order valence-electron chi connectivity index (χ3n) is 8.84. The fraction of sp³-hybridized carbons (Fsp3) is 0.500. The minimum Gasteiger partial charge on any atom is -0.492 e. The SMILES string of the molecule is CC1(C)CCOc2c(C(=O)NC3CN4C(N)=N[C@@H](CNC(=O)c5ccc(OCCO)nn5)[C@@H]5[NH+]=C(N)NC54C3(O)O)cccc21. The van der Waals surface area contributed by atoms with Crippen molar-refractivity contribution in [2.75, 3.05) is 32.9 Å². The average molecular weight is 626 g/mol. The highest BCUT2D eigenvalue weighted by Crippen LogP contribution is 2.43. The van der Waals surface area contributed by atoms with Crippen molar-refractivity contribution in [1.82, 2.24) is 31.0 Å². The maximum atomic E-state index is 13.6. The Morgan fingerprint density at radius 1 is 1.20 bits per heavy atom. The second kappa shape index (κ2) is 11.0. The molecule has 1 spiro atoms. The van der Waals surface area contributed by atoms with Crippen LogP contribution in [0.25, 0.3) is 0 Å². The minimum atomic E-state index is -2.63. The number of amides is 2. The van der Waals surface area contributed by atoms with Crippen molar-refractivity contribution in [3.8, 4) is 11.6 Å². The minimum absolute atomic E-state index is 0.00296. The normalized spacial score (nSPS) is 27.0. The van der Waals surface area contributed by atoms with Gasteiger partial charge in [-0.25, -0.2) is 10.3 Å². The predicted molar refractivity (Wildman–Crippen MR) is 157 cm³/mol. The average Bonchev–Trinajstić information content (AvgIpc) is 3.48. The van der Waals surface area contributed by atoms with E-state index in [1.165, 1.54) is 17.0 Å². The number of carbonyl (C=O) groups excluding carboxylic acids is 2. The fourth-order valence-corrected chi connectivity index (χ4v) is 6.48. The van der Waals surface area contributed by atoms with Crippen LogP contribution in [-0.2, 0) is 5.41 Å². The highest BCUT2D eigenvalue weighted by Gasteiger charge is 2.76. The number of nitrogens with two attached hydrogens (primary N) is 2. The molecule has 1 fully saturated rings. The van der Waals surface area contributed by atoms with E-state index in [1.54, 1.807) is 12.1 Å². The summed E-state index contributed by atoms with van der Waals surface area (Å²) in [6, 6.07) is 5.19. The molecule has 5 heterocycles. The molecule has 11 N–H and O–H groups in total. The third kappa shape index (κ3) is 4.92. The molecule has 1 aromatic carbocycles. The number of guanidine groups is 2. The molecule has 240 valence electrons. The number of rotatable bonds is 8. The van der Waals surface area contributed by atoms with Crippen molar-refractivity contribution in [3.05, 3.63) is 47.2 Å². The summed E-state index contributed by atoms with van der Waals surface area (Å²) in [4.78, 5) is 35.4. The van der Waals surface area contributed by atoms with Gasteiger partial charge < -0.3 is 41.2 Å². The van der Waals surface area contributed by atoms with Crippen molar-refractivity contribution in [2.45, 2.75) is 55.3 Å². The van der Waals surface area contributed by atoms with Crippen LogP contribution in [0.2, 0.25) is 0 Å². The Morgan fingerprint density at radius 2 is 2.00 bits per heavy atom. The topological polar surface area (TPSA) is 257 Å². The first-order chi connectivity index (χ1) is 21.4. The summed E-state index contributed by atoms with van der Waals surface area (Å²) in [6.45, 7) is 4.23. The Hall–Kier alpha value is -4.74. The molecule has 17 nitrogen and oxygen atoms in total. The lowest BCUT2D eigenvalue weighted by Crippen LogP contribution is -2.90. The zero-order chi connectivity index (χ0) is 32.1. The van der Waals surface area contributed by atoms with Gasteiger partial charge in [0.25, 0.3) is 17.5 Å². The van der Waals surface area contributed by atoms with Crippen LogP contribution in [0.4, 0.5) is 0 Å². The van der Waals surface area contributed by atoms with Crippen LogP contribution < -0.4 is 41.9 Å². The van der Waals surface area contributed by atoms with Gasteiger partial charge in [0.2, 0.25) is 11.7 Å². The highest BCUT2D eigenvalue weighted by atomic mass is 16.5. The summed E-state index contributed by atoms with van der Waals surface area (Å²) in [5.41, 5.74) is 11.7. The van der Waals surface area contributed by atoms with Gasteiger partial charge in [0.1, 0.15) is 24.4 Å². The van der Waals surface area contributed by atoms with Crippen LogP contribution in [0, 0.1) is 0 Å². The van der Waals surface area contributed by atoms with E-state index in [4.69, 9.17) is 26.0 Å². The molecular weight excluding hydrogens is 588 g/mol. The maximum absolute atomic E-state index is 13.6. The van der Waals surface area contributed by atoms with Crippen molar-refractivity contribution in [3.63, 3.8) is 0 Å². The van der Waals surface area contributed by atoms with Crippen molar-refractivity contribution in [2.24, 2.45) is 16.5 Å². The quantitative estimate of drug-likeness (QED) is 0.125. The molecule has 17 heteroatoms. The molecule has 2 unspecified atom stereocenters. The van der Waals surface area contributed by atoms with Crippen LogP contribution in [-0.4, -0.2) is 117 Å². The number of fused-ring (bicyclic) bond motifs is 1. The number of aliphatic hydroxyl groups is 3. The van der Waals surface area contributed by atoms with E-state index in [-0.39, 0.29) is 60.8 Å². The lowest BCUT2D eigenvalue weighted by molar-refractivity contribution is -0.521.